The van der Waals surface area contributed by atoms with Crippen molar-refractivity contribution < 1.29 is 14.3 Å². The third-order valence-corrected chi connectivity index (χ3v) is 5.09. The zero-order chi connectivity index (χ0) is 22.4. The molecule has 2 N–H and O–H groups in total. The van der Waals surface area contributed by atoms with Gasteiger partial charge < -0.3 is 20.3 Å². The molecule has 7 heteroatoms. The third kappa shape index (κ3) is 5.70. The number of ether oxygens (including phenoxy) is 1. The maximum atomic E-state index is 12.7. The van der Waals surface area contributed by atoms with Crippen molar-refractivity contribution in [2.24, 2.45) is 0 Å². The number of carbonyl (C=O) groups is 2. The van der Waals surface area contributed by atoms with E-state index in [2.05, 4.69) is 35.5 Å². The average Bonchev–Trinajstić information content (AvgIpc) is 2.93. The van der Waals surface area contributed by atoms with Crippen molar-refractivity contribution in [2.45, 2.75) is 39.8 Å². The Kier molecular flexibility index (Phi) is 7.41. The van der Waals surface area contributed by atoms with Gasteiger partial charge in [-0.1, -0.05) is 32.0 Å². The summed E-state index contributed by atoms with van der Waals surface area (Å²) in [5.74, 6) is 1.54. The zero-order valence-corrected chi connectivity index (χ0v) is 18.6. The van der Waals surface area contributed by atoms with E-state index in [-0.39, 0.29) is 18.4 Å². The molecule has 1 aromatic heterocycles. The number of amides is 2. The Morgan fingerprint density at radius 1 is 1.32 bits per heavy atom. The fourth-order valence-electron chi connectivity index (χ4n) is 3.49. The second-order valence-corrected chi connectivity index (χ2v) is 7.88. The Bertz CT molecular complexity index is 985. The maximum Gasteiger partial charge on any atom is 0.246 e. The summed E-state index contributed by atoms with van der Waals surface area (Å²) in [5, 5.41) is 5.82. The van der Waals surface area contributed by atoms with Crippen molar-refractivity contribution >= 4 is 23.7 Å². The van der Waals surface area contributed by atoms with Crippen LogP contribution in [0.15, 0.2) is 36.5 Å². The van der Waals surface area contributed by atoms with Crippen LogP contribution in [0.25, 0.3) is 6.08 Å². The summed E-state index contributed by atoms with van der Waals surface area (Å²) < 4.78 is 5.91. The summed E-state index contributed by atoms with van der Waals surface area (Å²) in [6, 6.07) is 8.01. The summed E-state index contributed by atoms with van der Waals surface area (Å²) in [7, 11) is 1.78. The number of hydrogen-bond acceptors (Lipinski definition) is 5. The number of hydrogen-bond donors (Lipinski definition) is 2. The quantitative estimate of drug-likeness (QED) is 0.669. The van der Waals surface area contributed by atoms with Gasteiger partial charge in [-0.05, 0) is 36.1 Å². The number of likely N-dealkylation sites (N-methyl/N-ethyl adjacent to an activating group) is 1. The molecule has 1 aliphatic rings. The van der Waals surface area contributed by atoms with Gasteiger partial charge in [-0.25, -0.2) is 4.98 Å². The molecule has 1 aromatic carbocycles. The van der Waals surface area contributed by atoms with Crippen molar-refractivity contribution in [2.75, 3.05) is 25.5 Å². The first-order valence-corrected chi connectivity index (χ1v) is 10.6. The van der Waals surface area contributed by atoms with Crippen LogP contribution in [0, 0.1) is 0 Å². The number of anilines is 1. The van der Waals surface area contributed by atoms with Crippen LogP contribution in [0.3, 0.4) is 0 Å². The number of carbonyl (C=O) groups excluding carboxylic acids is 2. The van der Waals surface area contributed by atoms with Gasteiger partial charge in [-0.3, -0.25) is 9.59 Å². The third-order valence-electron chi connectivity index (χ3n) is 5.09. The van der Waals surface area contributed by atoms with E-state index in [0.29, 0.717) is 31.4 Å². The minimum atomic E-state index is -0.112. The number of rotatable bonds is 7. The van der Waals surface area contributed by atoms with E-state index in [1.165, 1.54) is 0 Å². The predicted octanol–water partition coefficient (Wildman–Crippen LogP) is 3.32. The Labute approximate surface area is 183 Å². The highest BCUT2D eigenvalue weighted by Crippen LogP contribution is 2.31. The van der Waals surface area contributed by atoms with Gasteiger partial charge in [0.05, 0.1) is 13.2 Å². The minimum Gasteiger partial charge on any atom is -0.493 e. The second-order valence-electron chi connectivity index (χ2n) is 7.88. The molecule has 0 bridgehead atoms. The number of pyridine rings is 1. The SMILES string of the molecule is CCOc1c(CN(C)C(=O)C=Cc2cnc3c(c2)CNCC(=O)N3)cccc1C(C)C. The molecule has 2 amide bonds. The number of nitrogens with one attached hydrogen (secondary N) is 2. The van der Waals surface area contributed by atoms with Gasteiger partial charge in [0.1, 0.15) is 11.6 Å². The summed E-state index contributed by atoms with van der Waals surface area (Å²) in [5.41, 5.74) is 3.83. The van der Waals surface area contributed by atoms with Gasteiger partial charge >= 0.3 is 0 Å². The molecule has 0 fully saturated rings. The predicted molar refractivity (Wildman–Crippen MR) is 122 cm³/mol. The lowest BCUT2D eigenvalue weighted by Gasteiger charge is -2.21. The van der Waals surface area contributed by atoms with Crippen molar-refractivity contribution in [1.29, 1.82) is 0 Å². The topological polar surface area (TPSA) is 83.6 Å². The second kappa shape index (κ2) is 10.2. The Morgan fingerprint density at radius 2 is 2.13 bits per heavy atom. The summed E-state index contributed by atoms with van der Waals surface area (Å²) in [4.78, 5) is 30.3. The largest absolute Gasteiger partial charge is 0.493 e. The molecule has 0 saturated heterocycles. The standard InChI is InChI=1S/C24H30N4O3/c1-5-31-23-18(7-6-8-20(23)16(2)3)15-28(4)22(30)10-9-17-11-19-13-25-14-21(29)27-24(19)26-12-17/h6-12,16,25H,5,13-15H2,1-4H3,(H,26,27,29). The van der Waals surface area contributed by atoms with E-state index in [1.54, 1.807) is 30.3 Å². The van der Waals surface area contributed by atoms with Gasteiger partial charge in [0.25, 0.3) is 0 Å². The van der Waals surface area contributed by atoms with Crippen molar-refractivity contribution in [3.05, 3.63) is 58.8 Å². The number of fused-ring (bicyclic) bond motifs is 1. The molecule has 0 saturated carbocycles. The fraction of sp³-hybridized carbons (Fsp3) is 0.375. The van der Waals surface area contributed by atoms with Gasteiger partial charge in [0.2, 0.25) is 11.8 Å². The van der Waals surface area contributed by atoms with Crippen LogP contribution < -0.4 is 15.4 Å². The van der Waals surface area contributed by atoms with Crippen molar-refractivity contribution in [1.82, 2.24) is 15.2 Å². The highest BCUT2D eigenvalue weighted by Gasteiger charge is 2.16. The fourth-order valence-corrected chi connectivity index (χ4v) is 3.49. The van der Waals surface area contributed by atoms with Crippen LogP contribution in [0.1, 0.15) is 48.9 Å². The molecule has 0 aliphatic carbocycles. The highest BCUT2D eigenvalue weighted by molar-refractivity contribution is 5.93. The Balaban J connectivity index is 1.71. The van der Waals surface area contributed by atoms with Crippen molar-refractivity contribution in [3.8, 4) is 5.75 Å². The lowest BCUT2D eigenvalue weighted by molar-refractivity contribution is -0.125. The van der Waals surface area contributed by atoms with Gasteiger partial charge in [-0.15, -0.1) is 0 Å². The first kappa shape index (κ1) is 22.5. The first-order chi connectivity index (χ1) is 14.9. The van der Waals surface area contributed by atoms with E-state index < -0.39 is 0 Å². The van der Waals surface area contributed by atoms with Crippen LogP contribution in [0.4, 0.5) is 5.82 Å². The van der Waals surface area contributed by atoms with E-state index >= 15 is 0 Å². The van der Waals surface area contributed by atoms with Crippen LogP contribution in [-0.4, -0.2) is 41.9 Å². The molecule has 2 heterocycles. The molecule has 3 rings (SSSR count). The maximum absolute atomic E-state index is 12.7. The molecule has 0 spiro atoms. The van der Waals surface area contributed by atoms with E-state index in [9.17, 15) is 9.59 Å². The normalized spacial score (nSPS) is 13.6. The Hall–Kier alpha value is -3.19. The smallest absolute Gasteiger partial charge is 0.246 e. The average molecular weight is 423 g/mol. The van der Waals surface area contributed by atoms with Crippen LogP contribution in [0.2, 0.25) is 0 Å². The molecular weight excluding hydrogens is 392 g/mol. The number of aromatic nitrogens is 1. The summed E-state index contributed by atoms with van der Waals surface area (Å²) in [6.45, 7) is 8.07. The minimum absolute atomic E-state index is 0.112. The monoisotopic (exact) mass is 422 g/mol. The van der Waals surface area contributed by atoms with Gasteiger partial charge in [0, 0.05) is 43.5 Å². The zero-order valence-electron chi connectivity index (χ0n) is 18.6. The lowest BCUT2D eigenvalue weighted by atomic mass is 9.99. The highest BCUT2D eigenvalue weighted by atomic mass is 16.5. The molecule has 0 radical (unpaired) electrons. The molecule has 31 heavy (non-hydrogen) atoms. The molecule has 2 aromatic rings. The number of benzene rings is 1. The summed E-state index contributed by atoms with van der Waals surface area (Å²) >= 11 is 0. The van der Waals surface area contributed by atoms with Crippen molar-refractivity contribution in [3.63, 3.8) is 0 Å². The van der Waals surface area contributed by atoms with Gasteiger partial charge in [-0.2, -0.15) is 0 Å². The molecular formula is C24H30N4O3. The van der Waals surface area contributed by atoms with E-state index in [0.717, 1.165) is 28.0 Å². The van der Waals surface area contributed by atoms with Crippen LogP contribution >= 0.6 is 0 Å². The number of nitrogens with zero attached hydrogens (tertiary/aromatic N) is 2. The van der Waals surface area contributed by atoms with E-state index in [4.69, 9.17) is 4.74 Å². The number of para-hydroxylation sites is 1. The van der Waals surface area contributed by atoms with Gasteiger partial charge in [0.15, 0.2) is 0 Å². The molecule has 164 valence electrons. The van der Waals surface area contributed by atoms with Crippen LogP contribution in [0.5, 0.6) is 5.75 Å². The molecule has 1 aliphatic heterocycles. The van der Waals surface area contributed by atoms with E-state index in [1.807, 2.05) is 25.1 Å². The lowest BCUT2D eigenvalue weighted by Crippen LogP contribution is -2.24. The first-order valence-electron chi connectivity index (χ1n) is 10.6. The molecule has 0 unspecified atom stereocenters. The molecule has 7 nitrogen and oxygen atoms in total. The Morgan fingerprint density at radius 3 is 2.87 bits per heavy atom. The van der Waals surface area contributed by atoms with Crippen LogP contribution in [-0.2, 0) is 22.7 Å². The molecule has 0 atom stereocenters. The summed E-state index contributed by atoms with van der Waals surface area (Å²) in [6.07, 6.45) is 4.93.